The van der Waals surface area contributed by atoms with Crippen LogP contribution in [0, 0.1) is 0 Å². The highest BCUT2D eigenvalue weighted by Gasteiger charge is 1.92. The molecule has 0 aliphatic heterocycles. The van der Waals surface area contributed by atoms with Gasteiger partial charge in [0.05, 0.1) is 6.61 Å². The zero-order chi connectivity index (χ0) is 11.6. The summed E-state index contributed by atoms with van der Waals surface area (Å²) in [5.74, 6) is 0. The molecule has 1 N–H and O–H groups in total. The van der Waals surface area contributed by atoms with E-state index in [2.05, 4.69) is 48.7 Å². The van der Waals surface area contributed by atoms with E-state index in [4.69, 9.17) is 4.74 Å². The normalized spacial score (nSPS) is 11.1. The van der Waals surface area contributed by atoms with Crippen molar-refractivity contribution in [2.24, 2.45) is 0 Å². The van der Waals surface area contributed by atoms with E-state index in [9.17, 15) is 0 Å². The minimum absolute atomic E-state index is 0.676. The Balaban J connectivity index is 2.43. The Hall–Kier alpha value is -1.12. The molecule has 0 amide bonds. The Bertz CT molecular complexity index is 320. The number of benzene rings is 1. The third-order valence-electron chi connectivity index (χ3n) is 2.26. The lowest BCUT2D eigenvalue weighted by atomic mass is 10.1. The third kappa shape index (κ3) is 5.10. The SMILES string of the molecule is CCCNCC=Cc1cccc(COC)c1. The van der Waals surface area contributed by atoms with E-state index in [1.807, 2.05) is 0 Å². The number of hydrogen-bond donors (Lipinski definition) is 1. The molecule has 0 aromatic heterocycles. The topological polar surface area (TPSA) is 21.3 Å². The fourth-order valence-electron chi connectivity index (χ4n) is 1.51. The Kier molecular flexibility index (Phi) is 6.54. The highest BCUT2D eigenvalue weighted by molar-refractivity contribution is 5.50. The van der Waals surface area contributed by atoms with Crippen molar-refractivity contribution >= 4 is 6.08 Å². The molecule has 1 aromatic rings. The molecule has 88 valence electrons. The predicted octanol–water partition coefficient (Wildman–Crippen LogP) is 2.85. The summed E-state index contributed by atoms with van der Waals surface area (Å²) in [6.45, 7) is 4.86. The highest BCUT2D eigenvalue weighted by Crippen LogP contribution is 2.07. The maximum atomic E-state index is 5.10. The zero-order valence-electron chi connectivity index (χ0n) is 10.2. The van der Waals surface area contributed by atoms with Crippen molar-refractivity contribution < 1.29 is 4.74 Å². The van der Waals surface area contributed by atoms with Gasteiger partial charge in [-0.2, -0.15) is 0 Å². The van der Waals surface area contributed by atoms with E-state index in [0.717, 1.165) is 13.1 Å². The van der Waals surface area contributed by atoms with Crippen molar-refractivity contribution in [2.45, 2.75) is 20.0 Å². The Morgan fingerprint density at radius 3 is 3.00 bits per heavy atom. The number of ether oxygens (including phenoxy) is 1. The Morgan fingerprint density at radius 1 is 1.38 bits per heavy atom. The molecule has 0 saturated heterocycles. The van der Waals surface area contributed by atoms with Gasteiger partial charge in [-0.25, -0.2) is 0 Å². The van der Waals surface area contributed by atoms with Crippen molar-refractivity contribution in [3.8, 4) is 0 Å². The Morgan fingerprint density at radius 2 is 2.25 bits per heavy atom. The van der Waals surface area contributed by atoms with Gasteiger partial charge in [0, 0.05) is 13.7 Å². The van der Waals surface area contributed by atoms with Crippen LogP contribution in [0.1, 0.15) is 24.5 Å². The molecule has 2 heteroatoms. The second-order valence-electron chi connectivity index (χ2n) is 3.78. The summed E-state index contributed by atoms with van der Waals surface area (Å²) in [6.07, 6.45) is 5.47. The molecule has 0 atom stereocenters. The molecule has 0 spiro atoms. The van der Waals surface area contributed by atoms with Gasteiger partial charge in [-0.3, -0.25) is 0 Å². The molecule has 0 bridgehead atoms. The summed E-state index contributed by atoms with van der Waals surface area (Å²) in [4.78, 5) is 0. The van der Waals surface area contributed by atoms with Crippen LogP contribution in [0.2, 0.25) is 0 Å². The molecule has 16 heavy (non-hydrogen) atoms. The minimum atomic E-state index is 0.676. The van der Waals surface area contributed by atoms with Crippen molar-refractivity contribution in [3.63, 3.8) is 0 Å². The van der Waals surface area contributed by atoms with Crippen molar-refractivity contribution in [1.82, 2.24) is 5.32 Å². The molecule has 0 heterocycles. The highest BCUT2D eigenvalue weighted by atomic mass is 16.5. The van der Waals surface area contributed by atoms with Gasteiger partial charge in [-0.1, -0.05) is 37.3 Å². The largest absolute Gasteiger partial charge is 0.380 e. The summed E-state index contributed by atoms with van der Waals surface area (Å²) in [6, 6.07) is 8.40. The first-order valence-corrected chi connectivity index (χ1v) is 5.82. The first-order chi connectivity index (χ1) is 7.86. The molecular formula is C14H21NO. The van der Waals surface area contributed by atoms with E-state index in [1.54, 1.807) is 7.11 Å². The lowest BCUT2D eigenvalue weighted by Crippen LogP contribution is -2.13. The van der Waals surface area contributed by atoms with E-state index in [0.29, 0.717) is 6.61 Å². The smallest absolute Gasteiger partial charge is 0.0713 e. The lowest BCUT2D eigenvalue weighted by Gasteiger charge is -2.01. The second-order valence-corrected chi connectivity index (χ2v) is 3.78. The lowest BCUT2D eigenvalue weighted by molar-refractivity contribution is 0.185. The van der Waals surface area contributed by atoms with Crippen molar-refractivity contribution in [1.29, 1.82) is 0 Å². The maximum absolute atomic E-state index is 5.10. The summed E-state index contributed by atoms with van der Waals surface area (Å²) >= 11 is 0. The number of hydrogen-bond acceptors (Lipinski definition) is 2. The molecule has 0 aliphatic carbocycles. The van der Waals surface area contributed by atoms with Gasteiger partial charge in [0.1, 0.15) is 0 Å². The molecular weight excluding hydrogens is 198 g/mol. The Labute approximate surface area is 98.3 Å². The quantitative estimate of drug-likeness (QED) is 0.712. The standard InChI is InChI=1S/C14H21NO/c1-3-9-15-10-5-8-13-6-4-7-14(11-13)12-16-2/h4-8,11,15H,3,9-10,12H2,1-2H3. The molecule has 0 radical (unpaired) electrons. The molecule has 1 rings (SSSR count). The van der Waals surface area contributed by atoms with Crippen LogP contribution >= 0.6 is 0 Å². The number of methoxy groups -OCH3 is 1. The van der Waals surface area contributed by atoms with Crippen molar-refractivity contribution in [2.75, 3.05) is 20.2 Å². The fraction of sp³-hybridized carbons (Fsp3) is 0.429. The molecule has 0 unspecified atom stereocenters. The van der Waals surface area contributed by atoms with E-state index >= 15 is 0 Å². The summed E-state index contributed by atoms with van der Waals surface area (Å²) in [7, 11) is 1.72. The van der Waals surface area contributed by atoms with Crippen LogP contribution in [0.4, 0.5) is 0 Å². The molecule has 1 aromatic carbocycles. The van der Waals surface area contributed by atoms with Crippen LogP contribution < -0.4 is 5.32 Å². The van der Waals surface area contributed by atoms with Crippen LogP contribution in [0.25, 0.3) is 6.08 Å². The maximum Gasteiger partial charge on any atom is 0.0713 e. The van der Waals surface area contributed by atoms with Gasteiger partial charge in [0.15, 0.2) is 0 Å². The number of nitrogens with one attached hydrogen (secondary N) is 1. The molecule has 0 aliphatic rings. The van der Waals surface area contributed by atoms with Gasteiger partial charge >= 0.3 is 0 Å². The fourth-order valence-corrected chi connectivity index (χ4v) is 1.51. The van der Waals surface area contributed by atoms with Crippen LogP contribution in [0.5, 0.6) is 0 Å². The average molecular weight is 219 g/mol. The van der Waals surface area contributed by atoms with Gasteiger partial charge in [-0.05, 0) is 30.2 Å². The summed E-state index contributed by atoms with van der Waals surface area (Å²) < 4.78 is 5.10. The summed E-state index contributed by atoms with van der Waals surface area (Å²) in [5, 5.41) is 3.33. The average Bonchev–Trinajstić information content (AvgIpc) is 2.30. The minimum Gasteiger partial charge on any atom is -0.380 e. The van der Waals surface area contributed by atoms with Gasteiger partial charge < -0.3 is 10.1 Å². The number of rotatable bonds is 7. The van der Waals surface area contributed by atoms with Crippen LogP contribution in [-0.4, -0.2) is 20.2 Å². The zero-order valence-corrected chi connectivity index (χ0v) is 10.2. The predicted molar refractivity (Wildman–Crippen MR) is 69.3 cm³/mol. The van der Waals surface area contributed by atoms with Crippen LogP contribution in [0.15, 0.2) is 30.3 Å². The van der Waals surface area contributed by atoms with E-state index in [-0.39, 0.29) is 0 Å². The van der Waals surface area contributed by atoms with E-state index < -0.39 is 0 Å². The van der Waals surface area contributed by atoms with E-state index in [1.165, 1.54) is 17.5 Å². The van der Waals surface area contributed by atoms with Gasteiger partial charge in [0.2, 0.25) is 0 Å². The monoisotopic (exact) mass is 219 g/mol. The van der Waals surface area contributed by atoms with Gasteiger partial charge in [-0.15, -0.1) is 0 Å². The third-order valence-corrected chi connectivity index (χ3v) is 2.26. The van der Waals surface area contributed by atoms with Crippen LogP contribution in [-0.2, 0) is 11.3 Å². The first kappa shape index (κ1) is 12.9. The summed E-state index contributed by atoms with van der Waals surface area (Å²) in [5.41, 5.74) is 2.44. The first-order valence-electron chi connectivity index (χ1n) is 5.82. The second kappa shape index (κ2) is 8.08. The van der Waals surface area contributed by atoms with Crippen molar-refractivity contribution in [3.05, 3.63) is 41.5 Å². The molecule has 0 fully saturated rings. The van der Waals surface area contributed by atoms with Gasteiger partial charge in [0.25, 0.3) is 0 Å². The molecule has 2 nitrogen and oxygen atoms in total. The van der Waals surface area contributed by atoms with Crippen LogP contribution in [0.3, 0.4) is 0 Å². The molecule has 0 saturated carbocycles.